The summed E-state index contributed by atoms with van der Waals surface area (Å²) < 4.78 is 0. The van der Waals surface area contributed by atoms with Crippen molar-refractivity contribution in [3.05, 3.63) is 17.5 Å². The molecule has 1 fully saturated rings. The first-order valence-electron chi connectivity index (χ1n) is 10.2. The van der Waals surface area contributed by atoms with E-state index in [2.05, 4.69) is 36.3 Å². The van der Waals surface area contributed by atoms with E-state index >= 15 is 0 Å². The third-order valence-corrected chi connectivity index (χ3v) is 6.08. The summed E-state index contributed by atoms with van der Waals surface area (Å²) >= 11 is 1.51. The third kappa shape index (κ3) is 7.14. The molecule has 1 aliphatic rings. The Balaban J connectivity index is 1.66. The lowest BCUT2D eigenvalue weighted by Crippen LogP contribution is -2.46. The molecule has 0 spiro atoms. The molecule has 0 aromatic carbocycles. The number of nitrogens with zero attached hydrogens (tertiary/aromatic N) is 2. The second-order valence-corrected chi connectivity index (χ2v) is 8.20. The van der Waals surface area contributed by atoms with Crippen molar-refractivity contribution in [2.45, 2.75) is 52.5 Å². The van der Waals surface area contributed by atoms with Gasteiger partial charge in [0.2, 0.25) is 5.91 Å². The third-order valence-electron chi connectivity index (χ3n) is 5.30. The Morgan fingerprint density at radius 3 is 2.59 bits per heavy atom. The number of nitrogens with one attached hydrogen (secondary N) is 2. The fourth-order valence-electron chi connectivity index (χ4n) is 3.47. The van der Waals surface area contributed by atoms with Gasteiger partial charge >= 0.3 is 6.03 Å². The van der Waals surface area contributed by atoms with E-state index in [1.54, 1.807) is 4.90 Å². The molecular weight excluding hydrogens is 360 g/mol. The molecule has 0 bridgehead atoms. The van der Waals surface area contributed by atoms with Gasteiger partial charge in [0.15, 0.2) is 0 Å². The highest BCUT2D eigenvalue weighted by molar-refractivity contribution is 7.14. The van der Waals surface area contributed by atoms with Gasteiger partial charge in [-0.2, -0.15) is 0 Å². The van der Waals surface area contributed by atoms with Crippen LogP contribution in [0.2, 0.25) is 0 Å². The molecule has 152 valence electrons. The van der Waals surface area contributed by atoms with Crippen molar-refractivity contribution in [2.75, 3.05) is 38.0 Å². The van der Waals surface area contributed by atoms with E-state index < -0.39 is 0 Å². The lowest BCUT2D eigenvalue weighted by Gasteiger charge is -2.31. The first-order chi connectivity index (χ1) is 13.0. The molecule has 1 saturated heterocycles. The van der Waals surface area contributed by atoms with Crippen LogP contribution in [-0.4, -0.2) is 60.5 Å². The lowest BCUT2D eigenvalue weighted by atomic mass is 9.95. The van der Waals surface area contributed by atoms with Crippen LogP contribution < -0.4 is 10.6 Å². The van der Waals surface area contributed by atoms with Crippen molar-refractivity contribution in [2.24, 2.45) is 5.92 Å². The largest absolute Gasteiger partial charge is 0.353 e. The van der Waals surface area contributed by atoms with Crippen LogP contribution in [0.25, 0.3) is 0 Å². The number of rotatable bonds is 9. The van der Waals surface area contributed by atoms with Crippen molar-refractivity contribution in [3.8, 4) is 0 Å². The number of piperidine rings is 1. The quantitative estimate of drug-likeness (QED) is 0.672. The Morgan fingerprint density at radius 1 is 1.30 bits per heavy atom. The molecule has 6 nitrogen and oxygen atoms in total. The smallest absolute Gasteiger partial charge is 0.322 e. The zero-order valence-corrected chi connectivity index (χ0v) is 17.7. The van der Waals surface area contributed by atoms with Crippen molar-refractivity contribution >= 4 is 28.3 Å². The van der Waals surface area contributed by atoms with E-state index in [4.69, 9.17) is 0 Å². The Bertz CT molecular complexity index is 567. The zero-order valence-electron chi connectivity index (χ0n) is 16.9. The molecule has 2 N–H and O–H groups in total. The molecule has 1 aromatic rings. The van der Waals surface area contributed by atoms with Crippen LogP contribution in [0.1, 0.15) is 46.5 Å². The van der Waals surface area contributed by atoms with E-state index in [-0.39, 0.29) is 23.9 Å². The molecule has 1 aliphatic heterocycles. The van der Waals surface area contributed by atoms with Crippen LogP contribution in [-0.2, 0) is 4.79 Å². The van der Waals surface area contributed by atoms with Gasteiger partial charge in [-0.3, -0.25) is 10.1 Å². The number of thiophene rings is 1. The molecule has 1 aromatic heterocycles. The predicted molar refractivity (Wildman–Crippen MR) is 112 cm³/mol. The molecular formula is C20H34N4O2S. The molecule has 1 unspecified atom stereocenters. The van der Waals surface area contributed by atoms with E-state index in [0.29, 0.717) is 13.1 Å². The van der Waals surface area contributed by atoms with Gasteiger partial charge in [-0.25, -0.2) is 4.79 Å². The van der Waals surface area contributed by atoms with Crippen LogP contribution in [0.5, 0.6) is 0 Å². The molecule has 3 amide bonds. The molecule has 0 radical (unpaired) electrons. The second-order valence-electron chi connectivity index (χ2n) is 7.25. The van der Waals surface area contributed by atoms with Crippen molar-refractivity contribution in [1.82, 2.24) is 15.1 Å². The van der Waals surface area contributed by atoms with Crippen LogP contribution in [0, 0.1) is 5.92 Å². The Morgan fingerprint density at radius 2 is 2.00 bits per heavy atom. The van der Waals surface area contributed by atoms with E-state index in [9.17, 15) is 9.59 Å². The number of amides is 3. The maximum absolute atomic E-state index is 12.5. The minimum Gasteiger partial charge on any atom is -0.353 e. The second kappa shape index (κ2) is 11.3. The van der Waals surface area contributed by atoms with Crippen LogP contribution in [0.15, 0.2) is 17.5 Å². The average Bonchev–Trinajstić information content (AvgIpc) is 3.18. The maximum atomic E-state index is 12.5. The topological polar surface area (TPSA) is 64.7 Å². The Labute approximate surface area is 167 Å². The van der Waals surface area contributed by atoms with Crippen molar-refractivity contribution < 1.29 is 9.59 Å². The fraction of sp³-hybridized carbons (Fsp3) is 0.700. The summed E-state index contributed by atoms with van der Waals surface area (Å²) in [5.74, 6) is 0.157. The maximum Gasteiger partial charge on any atom is 0.322 e. The number of hydrogen-bond donors (Lipinski definition) is 2. The van der Waals surface area contributed by atoms with Gasteiger partial charge in [0.25, 0.3) is 0 Å². The minimum atomic E-state index is -0.0684. The Hall–Kier alpha value is -1.60. The summed E-state index contributed by atoms with van der Waals surface area (Å²) in [5, 5.41) is 8.88. The van der Waals surface area contributed by atoms with Crippen molar-refractivity contribution in [1.29, 1.82) is 0 Å². The van der Waals surface area contributed by atoms with E-state index in [1.165, 1.54) is 11.3 Å². The minimum absolute atomic E-state index is 0.0148. The molecule has 1 atom stereocenters. The first-order valence-corrected chi connectivity index (χ1v) is 11.0. The van der Waals surface area contributed by atoms with Gasteiger partial charge in [-0.15, -0.1) is 11.3 Å². The number of urea groups is 1. The fourth-order valence-corrected chi connectivity index (χ4v) is 4.08. The summed E-state index contributed by atoms with van der Waals surface area (Å²) in [6.07, 6.45) is 3.57. The summed E-state index contributed by atoms with van der Waals surface area (Å²) in [4.78, 5) is 29.0. The highest BCUT2D eigenvalue weighted by Gasteiger charge is 2.28. The molecule has 0 aliphatic carbocycles. The highest BCUT2D eigenvalue weighted by Crippen LogP contribution is 2.20. The summed E-state index contributed by atoms with van der Waals surface area (Å²) in [7, 11) is 0. The number of carbonyl (C=O) groups is 2. The predicted octanol–water partition coefficient (Wildman–Crippen LogP) is 3.62. The summed E-state index contributed by atoms with van der Waals surface area (Å²) in [6.45, 7) is 11.0. The number of likely N-dealkylation sites (tertiary alicyclic amines) is 1. The standard InChI is InChI=1S/C20H34N4O2S/c1-4-23(5-2)12-6-8-16(3)21-19(25)17-10-13-24(14-11-17)20(26)22-18-9-7-15-27-18/h7,9,15-17H,4-6,8,10-14H2,1-3H3,(H,21,25)(H,22,26). The number of carbonyl (C=O) groups excluding carboxylic acids is 2. The van der Waals surface area contributed by atoms with Crippen LogP contribution in [0.3, 0.4) is 0 Å². The SMILES string of the molecule is CCN(CC)CCCC(C)NC(=O)C1CCN(C(=O)Nc2cccs2)CC1. The first kappa shape index (κ1) is 21.7. The van der Waals surface area contributed by atoms with E-state index in [0.717, 1.165) is 50.3 Å². The van der Waals surface area contributed by atoms with Gasteiger partial charge < -0.3 is 15.1 Å². The van der Waals surface area contributed by atoms with Gasteiger partial charge in [0.05, 0.1) is 5.00 Å². The van der Waals surface area contributed by atoms with Crippen LogP contribution >= 0.6 is 11.3 Å². The Kier molecular flexibility index (Phi) is 9.07. The molecule has 7 heteroatoms. The average molecular weight is 395 g/mol. The highest BCUT2D eigenvalue weighted by atomic mass is 32.1. The lowest BCUT2D eigenvalue weighted by molar-refractivity contribution is -0.126. The molecule has 27 heavy (non-hydrogen) atoms. The zero-order chi connectivity index (χ0) is 19.6. The summed E-state index contributed by atoms with van der Waals surface area (Å²) in [6, 6.07) is 3.94. The molecule has 2 rings (SSSR count). The van der Waals surface area contributed by atoms with Gasteiger partial charge in [0, 0.05) is 25.0 Å². The van der Waals surface area contributed by atoms with Gasteiger partial charge in [0.1, 0.15) is 0 Å². The molecule has 0 saturated carbocycles. The van der Waals surface area contributed by atoms with E-state index in [1.807, 2.05) is 17.5 Å². The van der Waals surface area contributed by atoms with Crippen molar-refractivity contribution in [3.63, 3.8) is 0 Å². The van der Waals surface area contributed by atoms with Gasteiger partial charge in [-0.1, -0.05) is 13.8 Å². The molecule has 2 heterocycles. The van der Waals surface area contributed by atoms with Gasteiger partial charge in [-0.05, 0) is 69.8 Å². The number of anilines is 1. The monoisotopic (exact) mass is 394 g/mol. The van der Waals surface area contributed by atoms with Crippen LogP contribution in [0.4, 0.5) is 9.80 Å². The summed E-state index contributed by atoms with van der Waals surface area (Å²) in [5.41, 5.74) is 0. The number of hydrogen-bond acceptors (Lipinski definition) is 4. The normalized spacial score (nSPS) is 16.4.